The molecule has 4 aromatic rings. The molecule has 0 unspecified atom stereocenters. The predicted octanol–water partition coefficient (Wildman–Crippen LogP) is 6.52. The van der Waals surface area contributed by atoms with Crippen LogP contribution in [0.4, 0.5) is 0 Å². The monoisotopic (exact) mass is 459 g/mol. The van der Waals surface area contributed by atoms with Gasteiger partial charge < -0.3 is 18.8 Å². The zero-order chi connectivity index (χ0) is 22.9. The second-order valence-corrected chi connectivity index (χ2v) is 8.20. The molecule has 0 saturated heterocycles. The van der Waals surface area contributed by atoms with Crippen molar-refractivity contribution in [3.8, 4) is 17.2 Å². The van der Waals surface area contributed by atoms with Gasteiger partial charge in [0.2, 0.25) is 5.78 Å². The number of ketones is 1. The van der Waals surface area contributed by atoms with Crippen LogP contribution < -0.4 is 14.2 Å². The van der Waals surface area contributed by atoms with Gasteiger partial charge in [0.15, 0.2) is 5.76 Å². The number of hydrogen-bond donors (Lipinski definition) is 0. The van der Waals surface area contributed by atoms with E-state index >= 15 is 0 Å². The van der Waals surface area contributed by atoms with E-state index in [2.05, 4.69) is 11.5 Å². The van der Waals surface area contributed by atoms with Crippen LogP contribution >= 0.6 is 11.6 Å². The molecule has 5 nitrogen and oxygen atoms in total. The van der Waals surface area contributed by atoms with E-state index in [0.29, 0.717) is 28.7 Å². The Balaban J connectivity index is 1.41. The number of Topliss-reactive ketones (excluding diaryl/α,β-unsaturated/α-hetero) is 1. The number of nitrogens with zero attached hydrogens (tertiary/aromatic N) is 1. The maximum atomic E-state index is 13.0. The van der Waals surface area contributed by atoms with Crippen molar-refractivity contribution in [3.63, 3.8) is 0 Å². The van der Waals surface area contributed by atoms with Crippen molar-refractivity contribution in [2.24, 2.45) is 0 Å². The number of fused-ring (bicyclic) bond motifs is 2. The number of ether oxygens (including phenoxy) is 3. The fraction of sp³-hybridized carbons (Fsp3) is 0.148. The first kappa shape index (κ1) is 21.2. The molecule has 1 aliphatic rings. The molecule has 0 spiro atoms. The number of aryl methyl sites for hydroxylation is 1. The van der Waals surface area contributed by atoms with Crippen molar-refractivity contribution in [2.45, 2.75) is 20.1 Å². The van der Waals surface area contributed by atoms with E-state index in [1.165, 1.54) is 0 Å². The number of halogens is 1. The van der Waals surface area contributed by atoms with Crippen LogP contribution in [0.3, 0.4) is 0 Å². The molecule has 0 aliphatic carbocycles. The van der Waals surface area contributed by atoms with Crippen molar-refractivity contribution in [3.05, 3.63) is 94.3 Å². The zero-order valence-electron chi connectivity index (χ0n) is 18.3. The standard InChI is InChI=1S/C27H22ClNO4/c1-3-29-15-18(23-13-20(31-2)9-11-24(23)29)12-26-27(30)22-10-8-21(14-25(22)33-26)32-16-17-4-6-19(28)7-5-17/h4-15H,3,16H2,1-2H3. The largest absolute Gasteiger partial charge is 0.497 e. The molecule has 1 aliphatic heterocycles. The Kier molecular flexibility index (Phi) is 5.56. The topological polar surface area (TPSA) is 49.7 Å². The van der Waals surface area contributed by atoms with E-state index in [1.807, 2.05) is 48.7 Å². The summed E-state index contributed by atoms with van der Waals surface area (Å²) in [6.07, 6.45) is 3.82. The normalized spacial score (nSPS) is 13.9. The number of aromatic nitrogens is 1. The van der Waals surface area contributed by atoms with Gasteiger partial charge in [0.25, 0.3) is 0 Å². The first-order valence-corrected chi connectivity index (χ1v) is 11.1. The molecule has 0 bridgehead atoms. The van der Waals surface area contributed by atoms with Gasteiger partial charge in [-0.3, -0.25) is 4.79 Å². The summed E-state index contributed by atoms with van der Waals surface area (Å²) in [6, 6.07) is 18.7. The average Bonchev–Trinajstić information content (AvgIpc) is 3.35. The Morgan fingerprint density at radius 1 is 1.03 bits per heavy atom. The second-order valence-electron chi connectivity index (χ2n) is 7.77. The second kappa shape index (κ2) is 8.68. The Labute approximate surface area is 196 Å². The number of rotatable bonds is 6. The molecule has 3 aromatic carbocycles. The number of benzene rings is 3. The molecular weight excluding hydrogens is 438 g/mol. The predicted molar refractivity (Wildman–Crippen MR) is 129 cm³/mol. The molecule has 0 N–H and O–H groups in total. The maximum absolute atomic E-state index is 13.0. The smallest absolute Gasteiger partial charge is 0.231 e. The summed E-state index contributed by atoms with van der Waals surface area (Å²) in [5, 5.41) is 1.69. The average molecular weight is 460 g/mol. The lowest BCUT2D eigenvalue weighted by molar-refractivity contribution is 0.101. The summed E-state index contributed by atoms with van der Waals surface area (Å²) < 4.78 is 19.4. The highest BCUT2D eigenvalue weighted by Gasteiger charge is 2.28. The Morgan fingerprint density at radius 3 is 2.58 bits per heavy atom. The van der Waals surface area contributed by atoms with Gasteiger partial charge in [0.05, 0.1) is 12.7 Å². The lowest BCUT2D eigenvalue weighted by Crippen LogP contribution is -1.98. The van der Waals surface area contributed by atoms with E-state index in [4.69, 9.17) is 25.8 Å². The molecule has 33 heavy (non-hydrogen) atoms. The van der Waals surface area contributed by atoms with Crippen LogP contribution in [0.15, 0.2) is 72.6 Å². The van der Waals surface area contributed by atoms with Crippen LogP contribution in [0.5, 0.6) is 17.2 Å². The number of hydrogen-bond acceptors (Lipinski definition) is 4. The quantitative estimate of drug-likeness (QED) is 0.308. The van der Waals surface area contributed by atoms with E-state index in [-0.39, 0.29) is 11.5 Å². The van der Waals surface area contributed by atoms with Gasteiger partial charge in [-0.25, -0.2) is 0 Å². The fourth-order valence-electron chi connectivity index (χ4n) is 3.95. The zero-order valence-corrected chi connectivity index (χ0v) is 19.1. The van der Waals surface area contributed by atoms with Crippen LogP contribution in [0.1, 0.15) is 28.4 Å². The van der Waals surface area contributed by atoms with Crippen molar-refractivity contribution in [1.29, 1.82) is 0 Å². The highest BCUT2D eigenvalue weighted by molar-refractivity contribution is 6.30. The highest BCUT2D eigenvalue weighted by Crippen LogP contribution is 2.36. The van der Waals surface area contributed by atoms with Gasteiger partial charge >= 0.3 is 0 Å². The lowest BCUT2D eigenvalue weighted by atomic mass is 10.1. The summed E-state index contributed by atoms with van der Waals surface area (Å²) in [6.45, 7) is 3.29. The SMILES string of the molecule is CCn1cc(C=C2Oc3cc(OCc4ccc(Cl)cc4)ccc3C2=O)c2cc(OC)ccc21. The van der Waals surface area contributed by atoms with E-state index in [9.17, 15) is 4.79 Å². The summed E-state index contributed by atoms with van der Waals surface area (Å²) >= 11 is 5.93. The fourth-order valence-corrected chi connectivity index (χ4v) is 4.08. The number of carbonyl (C=O) groups excluding carboxylic acids is 1. The third-order valence-corrected chi connectivity index (χ3v) is 5.96. The minimum absolute atomic E-state index is 0.144. The third kappa shape index (κ3) is 4.08. The minimum atomic E-state index is -0.144. The first-order valence-electron chi connectivity index (χ1n) is 10.7. The van der Waals surface area contributed by atoms with E-state index < -0.39 is 0 Å². The molecule has 0 atom stereocenters. The highest BCUT2D eigenvalue weighted by atomic mass is 35.5. The molecule has 0 amide bonds. The van der Waals surface area contributed by atoms with Crippen molar-refractivity contribution in [1.82, 2.24) is 4.57 Å². The van der Waals surface area contributed by atoms with Gasteiger partial charge in [-0.1, -0.05) is 23.7 Å². The Morgan fingerprint density at radius 2 is 1.82 bits per heavy atom. The minimum Gasteiger partial charge on any atom is -0.497 e. The third-order valence-electron chi connectivity index (χ3n) is 5.71. The molecule has 0 radical (unpaired) electrons. The molecule has 0 fully saturated rings. The molecule has 0 saturated carbocycles. The summed E-state index contributed by atoms with van der Waals surface area (Å²) in [7, 11) is 1.64. The maximum Gasteiger partial charge on any atom is 0.231 e. The molecule has 2 heterocycles. The van der Waals surface area contributed by atoms with Crippen molar-refractivity contribution in [2.75, 3.05) is 7.11 Å². The van der Waals surface area contributed by atoms with Gasteiger partial charge in [-0.2, -0.15) is 0 Å². The summed E-state index contributed by atoms with van der Waals surface area (Å²) in [4.78, 5) is 13.0. The summed E-state index contributed by atoms with van der Waals surface area (Å²) in [5.41, 5.74) is 3.50. The van der Waals surface area contributed by atoms with Crippen molar-refractivity contribution < 1.29 is 19.0 Å². The molecule has 1 aromatic heterocycles. The Hall–Kier alpha value is -3.70. The van der Waals surface area contributed by atoms with Gasteiger partial charge in [0.1, 0.15) is 23.9 Å². The molecule has 5 rings (SSSR count). The van der Waals surface area contributed by atoms with Crippen molar-refractivity contribution >= 4 is 34.4 Å². The van der Waals surface area contributed by atoms with E-state index in [1.54, 1.807) is 31.4 Å². The number of methoxy groups -OCH3 is 1. The number of allylic oxidation sites excluding steroid dienone is 1. The molecular formula is C27H22ClNO4. The van der Waals surface area contributed by atoms with Gasteiger partial charge in [0, 0.05) is 40.3 Å². The van der Waals surface area contributed by atoms with Gasteiger partial charge in [-0.05, 0) is 61.0 Å². The van der Waals surface area contributed by atoms with Crippen LogP contribution in [0.25, 0.3) is 17.0 Å². The number of carbonyl (C=O) groups is 1. The van der Waals surface area contributed by atoms with Crippen LogP contribution in [0.2, 0.25) is 5.02 Å². The van der Waals surface area contributed by atoms with E-state index in [0.717, 1.165) is 34.3 Å². The molecule has 6 heteroatoms. The lowest BCUT2D eigenvalue weighted by Gasteiger charge is -2.07. The summed E-state index contributed by atoms with van der Waals surface area (Å²) in [5.74, 6) is 2.04. The van der Waals surface area contributed by atoms with Crippen LogP contribution in [-0.2, 0) is 13.2 Å². The molecule has 166 valence electrons. The van der Waals surface area contributed by atoms with Gasteiger partial charge in [-0.15, -0.1) is 0 Å². The Bertz CT molecular complexity index is 1390. The van der Waals surface area contributed by atoms with Crippen LogP contribution in [-0.4, -0.2) is 17.5 Å². The first-order chi connectivity index (χ1) is 16.1. The van der Waals surface area contributed by atoms with Crippen LogP contribution in [0, 0.1) is 0 Å².